The smallest absolute Gasteiger partial charge is 0.0991 e. The van der Waals surface area contributed by atoms with Crippen LogP contribution in [0.1, 0.15) is 54.3 Å². The maximum Gasteiger partial charge on any atom is 0.0991 e. The predicted molar refractivity (Wildman–Crippen MR) is 193 cm³/mol. The van der Waals surface area contributed by atoms with Crippen LogP contribution in [0.15, 0.2) is 104 Å². The largest absolute Gasteiger partial charge is 0.309 e. The molecule has 7 aromatic rings. The number of rotatable bonds is 4. The van der Waals surface area contributed by atoms with Gasteiger partial charge in [-0.3, -0.25) is 0 Å². The third-order valence-electron chi connectivity index (χ3n) is 9.55. The van der Waals surface area contributed by atoms with Crippen molar-refractivity contribution in [1.29, 1.82) is 10.5 Å². The van der Waals surface area contributed by atoms with E-state index in [2.05, 4.69) is 97.8 Å². The highest BCUT2D eigenvalue weighted by Gasteiger charge is 2.35. The Morgan fingerprint density at radius 3 is 2.28 bits per heavy atom. The van der Waals surface area contributed by atoms with Gasteiger partial charge < -0.3 is 4.57 Å². The van der Waals surface area contributed by atoms with Crippen LogP contribution in [0.3, 0.4) is 0 Å². The lowest BCUT2D eigenvalue weighted by atomic mass is 9.82. The zero-order chi connectivity index (χ0) is 31.7. The Hall–Kier alpha value is -5.68. The Morgan fingerprint density at radius 2 is 1.50 bits per heavy atom. The van der Waals surface area contributed by atoms with Gasteiger partial charge in [0.05, 0.1) is 40.2 Å². The molecule has 1 aliphatic rings. The Bertz CT molecular complexity index is 2560. The summed E-state index contributed by atoms with van der Waals surface area (Å²) in [4.78, 5) is 0. The highest BCUT2D eigenvalue weighted by atomic mass is 32.1. The van der Waals surface area contributed by atoms with Crippen molar-refractivity contribution in [3.05, 3.63) is 137 Å². The Labute approximate surface area is 272 Å². The van der Waals surface area contributed by atoms with Crippen LogP contribution in [-0.4, -0.2) is 4.57 Å². The lowest BCUT2D eigenvalue weighted by Crippen LogP contribution is -2.14. The molecule has 2 aromatic heterocycles. The van der Waals surface area contributed by atoms with Crippen molar-refractivity contribution in [3.63, 3.8) is 0 Å². The molecule has 3 nitrogen and oxygen atoms in total. The highest BCUT2D eigenvalue weighted by Crippen LogP contribution is 2.51. The third-order valence-corrected chi connectivity index (χ3v) is 10.7. The summed E-state index contributed by atoms with van der Waals surface area (Å²) in [5.74, 6) is 0. The molecule has 0 amide bonds. The maximum absolute atomic E-state index is 9.92. The van der Waals surface area contributed by atoms with Crippen LogP contribution in [0.5, 0.6) is 0 Å². The van der Waals surface area contributed by atoms with Crippen molar-refractivity contribution in [2.24, 2.45) is 0 Å². The van der Waals surface area contributed by atoms with Crippen LogP contribution in [0, 0.1) is 22.7 Å². The first-order valence-electron chi connectivity index (χ1n) is 15.4. The summed E-state index contributed by atoms with van der Waals surface area (Å²) < 4.78 is 4.70. The predicted octanol–water partition coefficient (Wildman–Crippen LogP) is 11.4. The maximum atomic E-state index is 9.92. The number of aromatic nitrogens is 1. The van der Waals surface area contributed by atoms with Gasteiger partial charge in [0, 0.05) is 42.1 Å². The van der Waals surface area contributed by atoms with Crippen molar-refractivity contribution in [2.75, 3.05) is 0 Å². The monoisotopic (exact) mass is 607 g/mol. The van der Waals surface area contributed by atoms with Crippen LogP contribution in [-0.2, 0) is 5.41 Å². The van der Waals surface area contributed by atoms with Crippen molar-refractivity contribution in [3.8, 4) is 40.1 Å². The molecule has 0 radical (unpaired) electrons. The van der Waals surface area contributed by atoms with E-state index in [1.54, 1.807) is 0 Å². The van der Waals surface area contributed by atoms with Gasteiger partial charge in [0.15, 0.2) is 0 Å². The minimum atomic E-state index is -0.0453. The molecule has 4 heteroatoms. The molecule has 46 heavy (non-hydrogen) atoms. The zero-order valence-corrected chi connectivity index (χ0v) is 26.7. The molecule has 0 aliphatic heterocycles. The summed E-state index contributed by atoms with van der Waals surface area (Å²) in [5, 5.41) is 23.1. The first kappa shape index (κ1) is 27.8. The van der Waals surface area contributed by atoms with Crippen molar-refractivity contribution >= 4 is 54.6 Å². The summed E-state index contributed by atoms with van der Waals surface area (Å²) in [6, 6.07) is 36.6. The second-order valence-electron chi connectivity index (χ2n) is 12.4. The van der Waals surface area contributed by atoms with Gasteiger partial charge in [-0.1, -0.05) is 69.0 Å². The summed E-state index contributed by atoms with van der Waals surface area (Å²) in [5.41, 5.74) is 12.5. The molecule has 0 atom stereocenters. The number of nitriles is 2. The number of thiophene rings is 1. The van der Waals surface area contributed by atoms with Gasteiger partial charge in [-0.15, -0.1) is 11.3 Å². The van der Waals surface area contributed by atoms with Gasteiger partial charge in [0.2, 0.25) is 0 Å². The van der Waals surface area contributed by atoms with E-state index >= 15 is 0 Å². The molecule has 0 N–H and O–H groups in total. The Kier molecular flexibility index (Phi) is 6.16. The molecule has 0 spiro atoms. The van der Waals surface area contributed by atoms with Crippen LogP contribution in [0.2, 0.25) is 0 Å². The van der Waals surface area contributed by atoms with Crippen LogP contribution in [0.4, 0.5) is 0 Å². The second-order valence-corrected chi connectivity index (χ2v) is 13.5. The molecule has 0 bridgehead atoms. The molecule has 0 saturated heterocycles. The first-order valence-corrected chi connectivity index (χ1v) is 16.2. The normalized spacial score (nSPS) is 13.2. The van der Waals surface area contributed by atoms with E-state index in [1.165, 1.54) is 42.4 Å². The summed E-state index contributed by atoms with van der Waals surface area (Å²) >= 11 is 1.82. The topological polar surface area (TPSA) is 52.5 Å². The molecule has 0 unspecified atom stereocenters. The van der Waals surface area contributed by atoms with Crippen LogP contribution in [0.25, 0.3) is 71.2 Å². The lowest BCUT2D eigenvalue weighted by Gasteiger charge is -2.21. The minimum absolute atomic E-state index is 0.0453. The Morgan fingerprint density at radius 1 is 0.739 bits per heavy atom. The number of nitrogens with zero attached hydrogens (tertiary/aromatic N) is 3. The average molecular weight is 608 g/mol. The molecule has 8 rings (SSSR count). The van der Waals surface area contributed by atoms with E-state index in [0.29, 0.717) is 11.1 Å². The summed E-state index contributed by atoms with van der Waals surface area (Å²) in [6.07, 6.45) is 5.95. The fourth-order valence-electron chi connectivity index (χ4n) is 7.38. The lowest BCUT2D eigenvalue weighted by molar-refractivity contribution is 0.661. The molecular weight excluding hydrogens is 579 g/mol. The van der Waals surface area contributed by atoms with Crippen LogP contribution < -0.4 is 0 Å². The standard InChI is InChI=1S/C42H29N3S/c1-5-9-29-33-19-26(24-44)13-17-39(33)45(37(29)6-2)38-16-12-25(23-43)18-31(38)27-14-15-30-34-21-32-28-10-7-8-11-35(28)42(3,4)36(32)22-41(34)46-40(30)20-27/h5-22H,2H2,1,3-4H3/b9-5-. The van der Waals surface area contributed by atoms with E-state index < -0.39 is 0 Å². The molecular formula is C42H29N3S. The first-order chi connectivity index (χ1) is 22.4. The van der Waals surface area contributed by atoms with Gasteiger partial charge in [-0.05, 0) is 95.4 Å². The van der Waals surface area contributed by atoms with Crippen molar-refractivity contribution in [1.82, 2.24) is 4.57 Å². The number of fused-ring (bicyclic) bond motifs is 7. The summed E-state index contributed by atoms with van der Waals surface area (Å²) in [7, 11) is 0. The fourth-order valence-corrected chi connectivity index (χ4v) is 8.54. The SMILES string of the molecule is C=Cc1c(/C=C\C)c2cc(C#N)ccc2n1-c1ccc(C#N)cc1-c1ccc2c(c1)sc1cc3c(cc12)-c1ccccc1C3(C)C. The van der Waals surface area contributed by atoms with E-state index in [4.69, 9.17) is 0 Å². The number of allylic oxidation sites excluding steroid dienone is 1. The second kappa shape index (κ2) is 10.2. The quantitative estimate of drug-likeness (QED) is 0.200. The number of hydrogen-bond acceptors (Lipinski definition) is 3. The Balaban J connectivity index is 1.36. The van der Waals surface area contributed by atoms with Gasteiger partial charge in [-0.2, -0.15) is 10.5 Å². The average Bonchev–Trinajstić information content (AvgIpc) is 3.68. The molecule has 2 heterocycles. The van der Waals surface area contributed by atoms with Gasteiger partial charge in [0.25, 0.3) is 0 Å². The number of hydrogen-bond donors (Lipinski definition) is 0. The molecule has 218 valence electrons. The summed E-state index contributed by atoms with van der Waals surface area (Å²) in [6.45, 7) is 10.8. The number of benzene rings is 5. The van der Waals surface area contributed by atoms with Gasteiger partial charge in [0.1, 0.15) is 0 Å². The zero-order valence-electron chi connectivity index (χ0n) is 25.8. The molecule has 5 aromatic carbocycles. The fraction of sp³-hybridized carbons (Fsp3) is 0.0952. The van der Waals surface area contributed by atoms with E-state index in [1.807, 2.05) is 66.8 Å². The minimum Gasteiger partial charge on any atom is -0.309 e. The van der Waals surface area contributed by atoms with Gasteiger partial charge >= 0.3 is 0 Å². The third kappa shape index (κ3) is 3.88. The molecule has 0 saturated carbocycles. The molecule has 1 aliphatic carbocycles. The van der Waals surface area contributed by atoms with E-state index in [-0.39, 0.29) is 5.41 Å². The van der Waals surface area contributed by atoms with Crippen molar-refractivity contribution in [2.45, 2.75) is 26.2 Å². The molecule has 0 fully saturated rings. The highest BCUT2D eigenvalue weighted by molar-refractivity contribution is 7.25. The van der Waals surface area contributed by atoms with Crippen LogP contribution >= 0.6 is 11.3 Å². The van der Waals surface area contributed by atoms with Crippen molar-refractivity contribution < 1.29 is 0 Å². The van der Waals surface area contributed by atoms with Gasteiger partial charge in [-0.25, -0.2) is 0 Å². The van der Waals surface area contributed by atoms with E-state index in [0.717, 1.165) is 39.0 Å². The van der Waals surface area contributed by atoms with E-state index in [9.17, 15) is 10.5 Å².